The molecule has 0 spiro atoms. The van der Waals surface area contributed by atoms with E-state index in [1.54, 1.807) is 40.9 Å². The smallest absolute Gasteiger partial charge is 0.322 e. The number of nitrogens with zero attached hydrogens (tertiary/aromatic N) is 1. The summed E-state index contributed by atoms with van der Waals surface area (Å²) in [5.41, 5.74) is 1.63. The molecule has 2 aromatic carbocycles. The average molecular weight is 423 g/mol. The van der Waals surface area contributed by atoms with Crippen molar-refractivity contribution >= 4 is 33.6 Å². The van der Waals surface area contributed by atoms with Crippen molar-refractivity contribution in [3.05, 3.63) is 54.1 Å². The number of carbonyl (C=O) groups excluding carboxylic acids is 1. The number of hydrogen-bond donors (Lipinski definition) is 1. The van der Waals surface area contributed by atoms with Gasteiger partial charge in [0.25, 0.3) is 0 Å². The second-order valence-corrected chi connectivity index (χ2v) is 8.93. The molecule has 0 saturated heterocycles. The van der Waals surface area contributed by atoms with E-state index in [0.717, 1.165) is 28.8 Å². The monoisotopic (exact) mass is 422 g/mol. The first-order valence-corrected chi connectivity index (χ1v) is 12.0. The highest BCUT2D eigenvalue weighted by atomic mass is 32.2. The minimum Gasteiger partial charge on any atom is -0.383 e. The summed E-state index contributed by atoms with van der Waals surface area (Å²) in [4.78, 5) is 15.7. The molecule has 2 amide bonds. The van der Waals surface area contributed by atoms with Crippen molar-refractivity contribution in [3.8, 4) is 5.75 Å². The van der Waals surface area contributed by atoms with E-state index >= 15 is 0 Å². The average Bonchev–Trinajstić information content (AvgIpc) is 2.66. The summed E-state index contributed by atoms with van der Waals surface area (Å²) < 4.78 is 27.3. The molecule has 2 rings (SSSR count). The number of nitrogens with one attached hydrogen (secondary N) is 1. The summed E-state index contributed by atoms with van der Waals surface area (Å²) in [6.45, 7) is 4.43. The zero-order valence-electron chi connectivity index (χ0n) is 16.5. The van der Waals surface area contributed by atoms with Crippen LogP contribution in [0.3, 0.4) is 0 Å². The van der Waals surface area contributed by atoms with Crippen molar-refractivity contribution in [1.82, 2.24) is 4.90 Å². The molecule has 0 aliphatic heterocycles. The van der Waals surface area contributed by atoms with E-state index in [-0.39, 0.29) is 17.8 Å². The summed E-state index contributed by atoms with van der Waals surface area (Å²) in [7, 11) is -3.56. The van der Waals surface area contributed by atoms with Gasteiger partial charge < -0.3 is 14.4 Å². The zero-order valence-corrected chi connectivity index (χ0v) is 18.1. The summed E-state index contributed by atoms with van der Waals surface area (Å²) >= 11 is 1.65. The van der Waals surface area contributed by atoms with E-state index < -0.39 is 10.1 Å². The minimum absolute atomic E-state index is 0.0393. The molecule has 6 nitrogen and oxygen atoms in total. The first-order valence-electron chi connectivity index (χ1n) is 8.92. The molecule has 152 valence electrons. The normalized spacial score (nSPS) is 12.3. The molecule has 0 aliphatic rings. The lowest BCUT2D eigenvalue weighted by Gasteiger charge is -2.29. The van der Waals surface area contributed by atoms with Crippen LogP contribution in [0.1, 0.15) is 25.8 Å². The predicted molar refractivity (Wildman–Crippen MR) is 114 cm³/mol. The Morgan fingerprint density at radius 3 is 2.25 bits per heavy atom. The highest BCUT2D eigenvalue weighted by Crippen LogP contribution is 2.20. The van der Waals surface area contributed by atoms with Gasteiger partial charge in [0.2, 0.25) is 0 Å². The Morgan fingerprint density at radius 1 is 1.14 bits per heavy atom. The van der Waals surface area contributed by atoms with Crippen LogP contribution in [0.15, 0.2) is 53.4 Å². The summed E-state index contributed by atoms with van der Waals surface area (Å²) in [6, 6.07) is 14.3. The van der Waals surface area contributed by atoms with Gasteiger partial charge in [0.1, 0.15) is 5.75 Å². The van der Waals surface area contributed by atoms with Crippen LogP contribution < -0.4 is 9.50 Å². The molecule has 1 N–H and O–H groups in total. The molecule has 0 saturated carbocycles. The van der Waals surface area contributed by atoms with Crippen LogP contribution in [-0.4, -0.2) is 37.9 Å². The number of rotatable bonds is 8. The van der Waals surface area contributed by atoms with Gasteiger partial charge in [-0.1, -0.05) is 19.1 Å². The summed E-state index contributed by atoms with van der Waals surface area (Å²) in [5, 5.41) is 2.94. The van der Waals surface area contributed by atoms with E-state index in [0.29, 0.717) is 6.54 Å². The van der Waals surface area contributed by atoms with E-state index in [4.69, 9.17) is 4.18 Å². The Hall–Kier alpha value is -2.19. The maximum Gasteiger partial charge on any atom is 0.322 e. The second kappa shape index (κ2) is 9.84. The molecule has 8 heteroatoms. The molecule has 2 aromatic rings. The molecular weight excluding hydrogens is 396 g/mol. The van der Waals surface area contributed by atoms with E-state index in [2.05, 4.69) is 5.32 Å². The molecule has 0 aromatic heterocycles. The van der Waals surface area contributed by atoms with Crippen LogP contribution in [0.5, 0.6) is 5.75 Å². The molecular formula is C20H26N2O4S2. The van der Waals surface area contributed by atoms with Gasteiger partial charge in [0, 0.05) is 23.2 Å². The fraction of sp³-hybridized carbons (Fsp3) is 0.350. The molecule has 0 fully saturated rings. The predicted octanol–water partition coefficient (Wildman–Crippen LogP) is 4.58. The van der Waals surface area contributed by atoms with Crippen LogP contribution >= 0.6 is 11.8 Å². The third-order valence-electron chi connectivity index (χ3n) is 4.25. The zero-order chi connectivity index (χ0) is 20.7. The van der Waals surface area contributed by atoms with Crippen LogP contribution in [0.25, 0.3) is 0 Å². The fourth-order valence-corrected chi connectivity index (χ4v) is 3.41. The van der Waals surface area contributed by atoms with Crippen molar-refractivity contribution < 1.29 is 17.4 Å². The highest BCUT2D eigenvalue weighted by molar-refractivity contribution is 7.98. The molecule has 0 unspecified atom stereocenters. The fourth-order valence-electron chi connectivity index (χ4n) is 2.54. The number of anilines is 1. The Bertz CT molecular complexity index is 881. The van der Waals surface area contributed by atoms with Crippen molar-refractivity contribution in [2.24, 2.45) is 0 Å². The van der Waals surface area contributed by atoms with Crippen LogP contribution in [0, 0.1) is 0 Å². The number of urea groups is 1. The standard InChI is InChI=1S/C20H26N2O4S2/c1-5-15(2)22(20(23)21-17-8-12-19(27-3)13-9-17)14-16-6-10-18(11-7-16)26-28(4,24)25/h6-13,15H,5,14H2,1-4H3,(H,21,23)/t15-/m1/s1. The first-order chi connectivity index (χ1) is 13.2. The van der Waals surface area contributed by atoms with Gasteiger partial charge in [-0.25, -0.2) is 4.79 Å². The van der Waals surface area contributed by atoms with Gasteiger partial charge in [-0.05, 0) is 61.6 Å². The first kappa shape index (κ1) is 22.1. The van der Waals surface area contributed by atoms with Gasteiger partial charge >= 0.3 is 16.1 Å². The Kier molecular flexibility index (Phi) is 7.77. The third-order valence-corrected chi connectivity index (χ3v) is 5.49. The number of benzene rings is 2. The Morgan fingerprint density at radius 2 is 1.75 bits per heavy atom. The largest absolute Gasteiger partial charge is 0.383 e. The van der Waals surface area contributed by atoms with E-state index in [1.807, 2.05) is 44.4 Å². The number of thioether (sulfide) groups is 1. The Labute approximate surface area is 171 Å². The van der Waals surface area contributed by atoms with Crippen molar-refractivity contribution in [1.29, 1.82) is 0 Å². The van der Waals surface area contributed by atoms with Gasteiger partial charge in [0.05, 0.1) is 6.26 Å². The molecule has 28 heavy (non-hydrogen) atoms. The number of amides is 2. The topological polar surface area (TPSA) is 75.7 Å². The summed E-state index contributed by atoms with van der Waals surface area (Å²) in [6.07, 6.45) is 3.82. The molecule has 0 bridgehead atoms. The molecule has 0 radical (unpaired) electrons. The lowest BCUT2D eigenvalue weighted by molar-refractivity contribution is 0.187. The van der Waals surface area contributed by atoms with Crippen LogP contribution in [0.4, 0.5) is 10.5 Å². The maximum atomic E-state index is 12.8. The maximum absolute atomic E-state index is 12.8. The van der Waals surface area contributed by atoms with Gasteiger partial charge in [-0.15, -0.1) is 11.8 Å². The van der Waals surface area contributed by atoms with E-state index in [1.165, 1.54) is 0 Å². The lowest BCUT2D eigenvalue weighted by atomic mass is 10.1. The van der Waals surface area contributed by atoms with Crippen LogP contribution in [0.2, 0.25) is 0 Å². The van der Waals surface area contributed by atoms with Crippen molar-refractivity contribution in [3.63, 3.8) is 0 Å². The molecule has 0 aliphatic carbocycles. The molecule has 0 heterocycles. The third kappa shape index (κ3) is 6.76. The second-order valence-electron chi connectivity index (χ2n) is 6.48. The summed E-state index contributed by atoms with van der Waals surface area (Å²) in [5.74, 6) is 0.250. The van der Waals surface area contributed by atoms with Gasteiger partial charge in [-0.3, -0.25) is 0 Å². The lowest BCUT2D eigenvalue weighted by Crippen LogP contribution is -2.40. The SMILES string of the molecule is CC[C@@H](C)N(Cc1ccc(OS(C)(=O)=O)cc1)C(=O)Nc1ccc(SC)cc1. The number of hydrogen-bond acceptors (Lipinski definition) is 5. The van der Waals surface area contributed by atoms with Crippen molar-refractivity contribution in [2.75, 3.05) is 17.8 Å². The van der Waals surface area contributed by atoms with Crippen molar-refractivity contribution in [2.45, 2.75) is 37.8 Å². The van der Waals surface area contributed by atoms with Crippen LogP contribution in [-0.2, 0) is 16.7 Å². The molecule has 1 atom stereocenters. The number of carbonyl (C=O) groups is 1. The Balaban J connectivity index is 2.10. The minimum atomic E-state index is -3.56. The van der Waals surface area contributed by atoms with Gasteiger partial charge in [0.15, 0.2) is 0 Å². The van der Waals surface area contributed by atoms with E-state index in [9.17, 15) is 13.2 Å². The van der Waals surface area contributed by atoms with Gasteiger partial charge in [-0.2, -0.15) is 8.42 Å². The quantitative estimate of drug-likeness (QED) is 0.498. The highest BCUT2D eigenvalue weighted by Gasteiger charge is 2.19.